The van der Waals surface area contributed by atoms with Gasteiger partial charge in [-0.2, -0.15) is 0 Å². The number of hydrogen-bond acceptors (Lipinski definition) is 1. The zero-order chi connectivity index (χ0) is 6.69. The lowest BCUT2D eigenvalue weighted by atomic mass is 10.3. The van der Waals surface area contributed by atoms with Crippen LogP contribution in [0.3, 0.4) is 0 Å². The van der Waals surface area contributed by atoms with Gasteiger partial charge in [-0.15, -0.1) is 0 Å². The number of benzene rings is 1. The molecule has 2 heteroatoms. The zero-order valence-electron chi connectivity index (χ0n) is 5.11. The number of nitrogens with one attached hydrogen (secondary N) is 1. The van der Waals surface area contributed by atoms with Gasteiger partial charge in [-0.25, -0.2) is 4.39 Å². The van der Waals surface area contributed by atoms with Gasteiger partial charge in [0.15, 0.2) is 0 Å². The molecule has 1 aromatic rings. The average Bonchev–Trinajstić information content (AvgIpc) is 1.90. The quantitative estimate of drug-likeness (QED) is 0.600. The molecule has 0 aliphatic heterocycles. The molecule has 1 aromatic carbocycles. The molecule has 1 radical (unpaired) electrons. The van der Waals surface area contributed by atoms with Gasteiger partial charge in [0.05, 0.1) is 0 Å². The SMILES string of the molecule is CNc1[c]cc(F)cc1. The first-order chi connectivity index (χ1) is 4.33. The maximum Gasteiger partial charge on any atom is 0.123 e. The number of anilines is 1. The van der Waals surface area contributed by atoms with E-state index in [1.807, 2.05) is 0 Å². The minimum atomic E-state index is -0.256. The van der Waals surface area contributed by atoms with E-state index in [4.69, 9.17) is 0 Å². The van der Waals surface area contributed by atoms with Crippen LogP contribution in [0.1, 0.15) is 0 Å². The molecule has 0 aliphatic carbocycles. The Kier molecular flexibility index (Phi) is 1.68. The summed E-state index contributed by atoms with van der Waals surface area (Å²) in [5.74, 6) is -0.256. The molecular formula is C7H7FN. The van der Waals surface area contributed by atoms with Crippen molar-refractivity contribution in [1.82, 2.24) is 0 Å². The van der Waals surface area contributed by atoms with E-state index in [0.29, 0.717) is 0 Å². The number of halogens is 1. The third-order valence-electron chi connectivity index (χ3n) is 1.04. The van der Waals surface area contributed by atoms with E-state index >= 15 is 0 Å². The van der Waals surface area contributed by atoms with E-state index in [-0.39, 0.29) is 5.82 Å². The van der Waals surface area contributed by atoms with Crippen LogP contribution in [0.5, 0.6) is 0 Å². The van der Waals surface area contributed by atoms with Gasteiger partial charge in [0.2, 0.25) is 0 Å². The topological polar surface area (TPSA) is 12.0 Å². The molecule has 1 N–H and O–H groups in total. The van der Waals surface area contributed by atoms with Gasteiger partial charge in [0.25, 0.3) is 0 Å². The first-order valence-corrected chi connectivity index (χ1v) is 2.68. The standard InChI is InChI=1S/C7H7FN/c1-9-7-4-2-6(8)3-5-7/h2-4,9H,1H3. The molecular weight excluding hydrogens is 117 g/mol. The van der Waals surface area contributed by atoms with Gasteiger partial charge >= 0.3 is 0 Å². The van der Waals surface area contributed by atoms with Crippen molar-refractivity contribution >= 4 is 5.69 Å². The van der Waals surface area contributed by atoms with Gasteiger partial charge in [-0.1, -0.05) is 0 Å². The second-order valence-electron chi connectivity index (χ2n) is 1.67. The second kappa shape index (κ2) is 2.49. The van der Waals surface area contributed by atoms with Crippen LogP contribution >= 0.6 is 0 Å². The molecule has 0 unspecified atom stereocenters. The lowest BCUT2D eigenvalue weighted by molar-refractivity contribution is 0.628. The van der Waals surface area contributed by atoms with Crippen LogP contribution < -0.4 is 5.32 Å². The molecule has 0 fully saturated rings. The van der Waals surface area contributed by atoms with Gasteiger partial charge in [-0.05, 0) is 18.2 Å². The molecule has 0 spiro atoms. The van der Waals surface area contributed by atoms with Crippen LogP contribution in [0.15, 0.2) is 18.2 Å². The van der Waals surface area contributed by atoms with Crippen LogP contribution in [-0.2, 0) is 0 Å². The van der Waals surface area contributed by atoms with Crippen molar-refractivity contribution in [3.63, 3.8) is 0 Å². The molecule has 0 saturated heterocycles. The lowest BCUT2D eigenvalue weighted by Crippen LogP contribution is -1.86. The van der Waals surface area contributed by atoms with E-state index in [1.54, 1.807) is 13.1 Å². The fourth-order valence-electron chi connectivity index (χ4n) is 0.561. The van der Waals surface area contributed by atoms with E-state index < -0.39 is 0 Å². The van der Waals surface area contributed by atoms with Crippen molar-refractivity contribution in [2.45, 2.75) is 0 Å². The molecule has 9 heavy (non-hydrogen) atoms. The number of rotatable bonds is 1. The molecule has 1 nitrogen and oxygen atoms in total. The zero-order valence-corrected chi connectivity index (χ0v) is 5.11. The maximum atomic E-state index is 12.2. The molecule has 0 heterocycles. The molecule has 0 atom stereocenters. The lowest BCUT2D eigenvalue weighted by Gasteiger charge is -1.95. The summed E-state index contributed by atoms with van der Waals surface area (Å²) in [5.41, 5.74) is 0.802. The Morgan fingerprint density at radius 1 is 1.56 bits per heavy atom. The first-order valence-electron chi connectivity index (χ1n) is 2.68. The van der Waals surface area contributed by atoms with Crippen LogP contribution in [0.2, 0.25) is 0 Å². The summed E-state index contributed by atoms with van der Waals surface area (Å²) in [5, 5.41) is 2.83. The van der Waals surface area contributed by atoms with E-state index in [0.717, 1.165) is 5.69 Å². The normalized spacial score (nSPS) is 9.11. The minimum absolute atomic E-state index is 0.256. The Bertz CT molecular complexity index is 181. The largest absolute Gasteiger partial charge is 0.388 e. The van der Waals surface area contributed by atoms with Crippen molar-refractivity contribution < 1.29 is 4.39 Å². The van der Waals surface area contributed by atoms with Crippen molar-refractivity contribution in [2.75, 3.05) is 12.4 Å². The van der Waals surface area contributed by atoms with Crippen molar-refractivity contribution in [3.05, 3.63) is 30.1 Å². The highest BCUT2D eigenvalue weighted by Crippen LogP contribution is 2.04. The fraction of sp³-hybridized carbons (Fsp3) is 0.143. The molecule has 0 aliphatic rings. The Labute approximate surface area is 53.5 Å². The first kappa shape index (κ1) is 6.08. The second-order valence-corrected chi connectivity index (χ2v) is 1.67. The summed E-state index contributed by atoms with van der Waals surface area (Å²) in [6, 6.07) is 7.02. The minimum Gasteiger partial charge on any atom is -0.388 e. The van der Waals surface area contributed by atoms with E-state index in [2.05, 4.69) is 11.4 Å². The van der Waals surface area contributed by atoms with Crippen molar-refractivity contribution in [2.24, 2.45) is 0 Å². The van der Waals surface area contributed by atoms with Crippen LogP contribution in [0, 0.1) is 11.9 Å². The molecule has 0 aromatic heterocycles. The molecule has 0 amide bonds. The van der Waals surface area contributed by atoms with Gasteiger partial charge in [0, 0.05) is 18.8 Å². The van der Waals surface area contributed by atoms with Gasteiger partial charge in [0.1, 0.15) is 5.82 Å². The predicted octanol–water partition coefficient (Wildman–Crippen LogP) is 1.67. The highest BCUT2D eigenvalue weighted by atomic mass is 19.1. The molecule has 0 saturated carbocycles. The summed E-state index contributed by atoms with van der Waals surface area (Å²) < 4.78 is 12.2. The highest BCUT2D eigenvalue weighted by molar-refractivity contribution is 5.40. The van der Waals surface area contributed by atoms with Crippen molar-refractivity contribution in [1.29, 1.82) is 0 Å². The van der Waals surface area contributed by atoms with Gasteiger partial charge < -0.3 is 5.32 Å². The summed E-state index contributed by atoms with van der Waals surface area (Å²) in [6.45, 7) is 0. The van der Waals surface area contributed by atoms with Crippen LogP contribution in [-0.4, -0.2) is 7.05 Å². The third-order valence-corrected chi connectivity index (χ3v) is 1.04. The summed E-state index contributed by atoms with van der Waals surface area (Å²) in [4.78, 5) is 0. The Morgan fingerprint density at radius 3 is 2.78 bits per heavy atom. The maximum absolute atomic E-state index is 12.2. The number of hydrogen-bond donors (Lipinski definition) is 1. The van der Waals surface area contributed by atoms with Crippen LogP contribution in [0.4, 0.5) is 10.1 Å². The Morgan fingerprint density at radius 2 is 2.33 bits per heavy atom. The van der Waals surface area contributed by atoms with Crippen LogP contribution in [0.25, 0.3) is 0 Å². The smallest absolute Gasteiger partial charge is 0.123 e. The monoisotopic (exact) mass is 124 g/mol. The summed E-state index contributed by atoms with van der Waals surface area (Å²) in [7, 11) is 1.77. The highest BCUT2D eigenvalue weighted by Gasteiger charge is 1.87. The fourth-order valence-corrected chi connectivity index (χ4v) is 0.561. The Balaban J connectivity index is 2.88. The van der Waals surface area contributed by atoms with Crippen molar-refractivity contribution in [3.8, 4) is 0 Å². The van der Waals surface area contributed by atoms with E-state index in [1.165, 1.54) is 12.1 Å². The van der Waals surface area contributed by atoms with E-state index in [9.17, 15) is 4.39 Å². The average molecular weight is 124 g/mol. The third kappa shape index (κ3) is 1.42. The van der Waals surface area contributed by atoms with Gasteiger partial charge in [-0.3, -0.25) is 0 Å². The summed E-state index contributed by atoms with van der Waals surface area (Å²) in [6.07, 6.45) is 0. The predicted molar refractivity (Wildman–Crippen MR) is 34.8 cm³/mol. The molecule has 1 rings (SSSR count). The molecule has 0 bridgehead atoms. The Hall–Kier alpha value is -1.05. The summed E-state index contributed by atoms with van der Waals surface area (Å²) >= 11 is 0. The molecule has 47 valence electrons.